The van der Waals surface area contributed by atoms with Crippen LogP contribution >= 0.6 is 11.8 Å². The number of hydrogen-bond acceptors (Lipinski definition) is 6. The van der Waals surface area contributed by atoms with E-state index in [1.165, 1.54) is 23.9 Å². The summed E-state index contributed by atoms with van der Waals surface area (Å²) in [7, 11) is 1.28. The number of hydrogen-bond donors (Lipinski definition) is 1. The van der Waals surface area contributed by atoms with Gasteiger partial charge >= 0.3 is 11.9 Å². The summed E-state index contributed by atoms with van der Waals surface area (Å²) in [4.78, 5) is 37.6. The highest BCUT2D eigenvalue weighted by molar-refractivity contribution is 7.99. The minimum Gasteiger partial charge on any atom is -0.481 e. The molecule has 1 aromatic heterocycles. The van der Waals surface area contributed by atoms with E-state index in [-0.39, 0.29) is 16.8 Å². The summed E-state index contributed by atoms with van der Waals surface area (Å²) in [5, 5.41) is 8.89. The number of aromatic nitrogens is 2. The molecule has 0 bridgehead atoms. The average Bonchev–Trinajstić information content (AvgIpc) is 2.38. The number of esters is 1. The van der Waals surface area contributed by atoms with Gasteiger partial charge in [-0.2, -0.15) is 4.98 Å². The Morgan fingerprint density at radius 2 is 2.15 bits per heavy atom. The Morgan fingerprint density at radius 1 is 1.50 bits per heavy atom. The summed E-state index contributed by atoms with van der Waals surface area (Å²) >= 11 is 0.887. The van der Waals surface area contributed by atoms with Crippen LogP contribution in [0.2, 0.25) is 0 Å². The maximum absolute atomic E-state index is 11.9. The number of carboxylic acids is 1. The quantitative estimate of drug-likeness (QED) is 0.471. The van der Waals surface area contributed by atoms with Gasteiger partial charge in [-0.3, -0.25) is 9.59 Å². The smallest absolute Gasteiger partial charge is 0.329 e. The van der Waals surface area contributed by atoms with Gasteiger partial charge in [-0.25, -0.2) is 4.79 Å². The monoisotopic (exact) mass is 300 g/mol. The molecule has 1 N–H and O–H groups in total. The van der Waals surface area contributed by atoms with Crippen LogP contribution in [0.15, 0.2) is 22.2 Å². The van der Waals surface area contributed by atoms with Gasteiger partial charge in [0.2, 0.25) is 0 Å². The van der Waals surface area contributed by atoms with Gasteiger partial charge in [-0.1, -0.05) is 25.6 Å². The van der Waals surface area contributed by atoms with Gasteiger partial charge < -0.3 is 14.4 Å². The van der Waals surface area contributed by atoms with Crippen LogP contribution in [0.25, 0.3) is 0 Å². The molecule has 1 atom stereocenters. The normalized spacial score (nSPS) is 12.2. The lowest BCUT2D eigenvalue weighted by Crippen LogP contribution is -2.29. The van der Waals surface area contributed by atoms with Crippen LogP contribution in [0.4, 0.5) is 0 Å². The van der Waals surface area contributed by atoms with Gasteiger partial charge in [-0.05, 0) is 5.92 Å². The summed E-state index contributed by atoms with van der Waals surface area (Å²) in [5.41, 5.74) is -0.485. The molecule has 1 aromatic rings. The number of thioether (sulfide) groups is 1. The largest absolute Gasteiger partial charge is 0.481 e. The first-order valence-electron chi connectivity index (χ1n) is 5.88. The third kappa shape index (κ3) is 4.09. The minimum absolute atomic E-state index is 0.101. The number of carboxylic acid groups (broad SMARTS) is 1. The van der Waals surface area contributed by atoms with Crippen molar-refractivity contribution >= 4 is 23.7 Å². The van der Waals surface area contributed by atoms with Gasteiger partial charge in [0.15, 0.2) is 5.16 Å². The molecule has 7 nitrogen and oxygen atoms in total. The van der Waals surface area contributed by atoms with Gasteiger partial charge in [0.25, 0.3) is 5.56 Å². The molecule has 0 aromatic carbocycles. The summed E-state index contributed by atoms with van der Waals surface area (Å²) in [6, 6.07) is 0.563. The second-order valence-electron chi connectivity index (χ2n) is 4.35. The van der Waals surface area contributed by atoms with Crippen molar-refractivity contribution in [3.63, 3.8) is 0 Å². The van der Waals surface area contributed by atoms with Gasteiger partial charge in [-0.15, -0.1) is 0 Å². The lowest BCUT2D eigenvalue weighted by Gasteiger charge is -2.23. The Kier molecular flexibility index (Phi) is 5.75. The van der Waals surface area contributed by atoms with Gasteiger partial charge in [0, 0.05) is 12.3 Å². The van der Waals surface area contributed by atoms with E-state index in [1.807, 2.05) is 13.8 Å². The maximum atomic E-state index is 11.9. The molecule has 0 amide bonds. The number of nitrogens with zero attached hydrogens (tertiary/aromatic N) is 2. The predicted molar refractivity (Wildman–Crippen MR) is 72.7 cm³/mol. The zero-order valence-corrected chi connectivity index (χ0v) is 12.2. The van der Waals surface area contributed by atoms with Crippen LogP contribution < -0.4 is 5.56 Å². The Hall–Kier alpha value is -1.83. The first-order valence-corrected chi connectivity index (χ1v) is 6.87. The fourth-order valence-electron chi connectivity index (χ4n) is 1.67. The van der Waals surface area contributed by atoms with E-state index in [4.69, 9.17) is 9.84 Å². The van der Waals surface area contributed by atoms with E-state index < -0.39 is 23.5 Å². The Balaban J connectivity index is 3.22. The molecule has 1 heterocycles. The molecule has 0 saturated heterocycles. The van der Waals surface area contributed by atoms with Crippen molar-refractivity contribution in [2.24, 2.45) is 5.92 Å². The first kappa shape index (κ1) is 16.2. The highest BCUT2D eigenvalue weighted by Crippen LogP contribution is 2.24. The molecule has 1 rings (SSSR count). The van der Waals surface area contributed by atoms with Crippen molar-refractivity contribution in [3.8, 4) is 0 Å². The molecule has 20 heavy (non-hydrogen) atoms. The van der Waals surface area contributed by atoms with Gasteiger partial charge in [0.05, 0.1) is 12.9 Å². The Morgan fingerprint density at radius 3 is 2.65 bits per heavy atom. The molecule has 0 aliphatic carbocycles. The number of aliphatic carboxylic acids is 1. The van der Waals surface area contributed by atoms with Gasteiger partial charge in [0.1, 0.15) is 6.04 Å². The fraction of sp³-hybridized carbons (Fsp3) is 0.500. The molecule has 110 valence electrons. The second-order valence-corrected chi connectivity index (χ2v) is 5.29. The van der Waals surface area contributed by atoms with E-state index >= 15 is 0 Å². The van der Waals surface area contributed by atoms with E-state index in [2.05, 4.69) is 4.98 Å². The molecule has 1 unspecified atom stereocenters. The summed E-state index contributed by atoms with van der Waals surface area (Å²) in [5.74, 6) is -1.85. The zero-order valence-electron chi connectivity index (χ0n) is 11.4. The average molecular weight is 300 g/mol. The van der Waals surface area contributed by atoms with Crippen LogP contribution in [-0.2, 0) is 14.3 Å². The second kappa shape index (κ2) is 7.09. The third-order valence-electron chi connectivity index (χ3n) is 2.50. The van der Waals surface area contributed by atoms with E-state index in [0.717, 1.165) is 11.8 Å². The highest BCUT2D eigenvalue weighted by Gasteiger charge is 2.27. The zero-order chi connectivity index (χ0) is 15.3. The van der Waals surface area contributed by atoms with Crippen LogP contribution in [0.3, 0.4) is 0 Å². The summed E-state index contributed by atoms with van der Waals surface area (Å²) in [6.45, 7) is 3.65. The van der Waals surface area contributed by atoms with Crippen LogP contribution in [-0.4, -0.2) is 39.5 Å². The molecule has 8 heteroatoms. The molecule has 0 aliphatic heterocycles. The standard InChI is InChI=1S/C12H16N2O5S/c1-7(2)10(11(18)19-3)14-5-4-8(15)13-12(14)20-6-9(16)17/h4-5,7,10H,6H2,1-3H3,(H,16,17). The van der Waals surface area contributed by atoms with Crippen molar-refractivity contribution in [2.45, 2.75) is 25.0 Å². The van der Waals surface area contributed by atoms with E-state index in [1.54, 1.807) is 0 Å². The Bertz CT molecular complexity index is 555. The third-order valence-corrected chi connectivity index (χ3v) is 3.45. The van der Waals surface area contributed by atoms with Crippen molar-refractivity contribution in [3.05, 3.63) is 22.6 Å². The number of ether oxygens (including phenoxy) is 1. The first-order chi connectivity index (χ1) is 9.36. The van der Waals surface area contributed by atoms with Crippen LogP contribution in [0.1, 0.15) is 19.9 Å². The van der Waals surface area contributed by atoms with Crippen molar-refractivity contribution in [1.82, 2.24) is 9.55 Å². The molecule has 0 saturated carbocycles. The summed E-state index contributed by atoms with van der Waals surface area (Å²) < 4.78 is 6.23. The highest BCUT2D eigenvalue weighted by atomic mass is 32.2. The molecular weight excluding hydrogens is 284 g/mol. The van der Waals surface area contributed by atoms with Crippen molar-refractivity contribution in [2.75, 3.05) is 12.9 Å². The van der Waals surface area contributed by atoms with Crippen LogP contribution in [0, 0.1) is 5.92 Å². The van der Waals surface area contributed by atoms with Crippen molar-refractivity contribution < 1.29 is 19.4 Å². The van der Waals surface area contributed by atoms with Crippen LogP contribution in [0.5, 0.6) is 0 Å². The molecule has 0 radical (unpaired) electrons. The van der Waals surface area contributed by atoms with E-state index in [9.17, 15) is 14.4 Å². The predicted octanol–water partition coefficient (Wildman–Crippen LogP) is 0.790. The summed E-state index contributed by atoms with van der Waals surface area (Å²) in [6.07, 6.45) is 1.43. The molecule has 0 fully saturated rings. The molecular formula is C12H16N2O5S. The molecule has 0 spiro atoms. The van der Waals surface area contributed by atoms with E-state index in [0.29, 0.717) is 0 Å². The Labute approximate surface area is 120 Å². The number of rotatable bonds is 6. The van der Waals surface area contributed by atoms with Crippen molar-refractivity contribution in [1.29, 1.82) is 0 Å². The minimum atomic E-state index is -1.03. The lowest BCUT2D eigenvalue weighted by atomic mass is 10.0. The maximum Gasteiger partial charge on any atom is 0.329 e. The number of carbonyl (C=O) groups excluding carboxylic acids is 1. The number of carbonyl (C=O) groups is 2. The topological polar surface area (TPSA) is 98.5 Å². The molecule has 0 aliphatic rings. The fourth-order valence-corrected chi connectivity index (χ4v) is 2.40. The SMILES string of the molecule is COC(=O)C(C(C)C)n1ccc(=O)nc1SCC(=O)O. The lowest BCUT2D eigenvalue weighted by molar-refractivity contribution is -0.146. The number of methoxy groups -OCH3 is 1.